The smallest absolute Gasteiger partial charge is 0.228 e. The third-order valence-electron chi connectivity index (χ3n) is 3.58. The van der Waals surface area contributed by atoms with Crippen LogP contribution in [0.2, 0.25) is 0 Å². The molecule has 1 N–H and O–H groups in total. The number of amides is 1. The lowest BCUT2D eigenvalue weighted by Crippen LogP contribution is -2.15. The zero-order valence-electron chi connectivity index (χ0n) is 12.9. The number of nitrogens with one attached hydrogen (secondary N) is 1. The van der Waals surface area contributed by atoms with Crippen LogP contribution in [0.3, 0.4) is 0 Å². The van der Waals surface area contributed by atoms with Gasteiger partial charge in [0.2, 0.25) is 5.91 Å². The monoisotopic (exact) mass is 306 g/mol. The minimum atomic E-state index is -0.0702. The second kappa shape index (κ2) is 6.83. The van der Waals surface area contributed by atoms with Crippen LogP contribution in [0.1, 0.15) is 5.56 Å². The summed E-state index contributed by atoms with van der Waals surface area (Å²) >= 11 is 0. The van der Waals surface area contributed by atoms with Gasteiger partial charge in [0.15, 0.2) is 0 Å². The molecule has 3 rings (SSSR count). The molecule has 0 saturated heterocycles. The van der Waals surface area contributed by atoms with E-state index in [-0.39, 0.29) is 12.3 Å². The molecular weight excluding hydrogens is 288 g/mol. The van der Waals surface area contributed by atoms with Gasteiger partial charge < -0.3 is 14.6 Å². The molecule has 2 aromatic carbocycles. The Labute approximate surface area is 135 Å². The van der Waals surface area contributed by atoms with Crippen LogP contribution in [-0.2, 0) is 11.2 Å². The summed E-state index contributed by atoms with van der Waals surface area (Å²) in [7, 11) is 1.61. The van der Waals surface area contributed by atoms with E-state index in [1.54, 1.807) is 7.11 Å². The molecule has 0 atom stereocenters. The molecule has 0 bridgehead atoms. The first-order chi connectivity index (χ1) is 11.3. The Balaban J connectivity index is 1.72. The predicted octanol–water partition coefficient (Wildman–Crippen LogP) is 3.67. The number of benzene rings is 2. The Hall–Kier alpha value is -3.01. The van der Waals surface area contributed by atoms with Crippen LogP contribution in [0, 0.1) is 0 Å². The van der Waals surface area contributed by atoms with Crippen LogP contribution in [0.5, 0.6) is 5.75 Å². The molecular formula is C19H18N2O2. The van der Waals surface area contributed by atoms with Crippen molar-refractivity contribution in [3.05, 3.63) is 78.6 Å². The largest absolute Gasteiger partial charge is 0.496 e. The van der Waals surface area contributed by atoms with Crippen molar-refractivity contribution in [2.45, 2.75) is 6.42 Å². The molecule has 3 aromatic rings. The van der Waals surface area contributed by atoms with Crippen LogP contribution in [-0.4, -0.2) is 17.6 Å². The minimum Gasteiger partial charge on any atom is -0.496 e. The van der Waals surface area contributed by atoms with Gasteiger partial charge in [0.25, 0.3) is 0 Å². The average Bonchev–Trinajstić information content (AvgIpc) is 3.10. The van der Waals surface area contributed by atoms with E-state index in [9.17, 15) is 4.79 Å². The summed E-state index contributed by atoms with van der Waals surface area (Å²) in [6.45, 7) is 0. The Bertz CT molecular complexity index is 795. The molecule has 4 nitrogen and oxygen atoms in total. The lowest BCUT2D eigenvalue weighted by molar-refractivity contribution is -0.115. The Morgan fingerprint density at radius 1 is 1.04 bits per heavy atom. The zero-order valence-corrected chi connectivity index (χ0v) is 12.9. The number of para-hydroxylation sites is 1. The van der Waals surface area contributed by atoms with Gasteiger partial charge in [-0.3, -0.25) is 4.79 Å². The van der Waals surface area contributed by atoms with Gasteiger partial charge in [0.05, 0.1) is 13.5 Å². The fourth-order valence-electron chi connectivity index (χ4n) is 2.48. The van der Waals surface area contributed by atoms with E-state index in [4.69, 9.17) is 4.74 Å². The van der Waals surface area contributed by atoms with Crippen molar-refractivity contribution in [1.29, 1.82) is 0 Å². The number of aromatic nitrogens is 1. The maximum absolute atomic E-state index is 12.3. The number of nitrogens with zero attached hydrogens (tertiary/aromatic N) is 1. The van der Waals surface area contributed by atoms with E-state index >= 15 is 0 Å². The molecule has 4 heteroatoms. The Morgan fingerprint density at radius 2 is 1.83 bits per heavy atom. The van der Waals surface area contributed by atoms with Gasteiger partial charge in [0.1, 0.15) is 5.75 Å². The van der Waals surface area contributed by atoms with Crippen molar-refractivity contribution in [3.63, 3.8) is 0 Å². The van der Waals surface area contributed by atoms with Gasteiger partial charge in [-0.15, -0.1) is 0 Å². The van der Waals surface area contributed by atoms with E-state index < -0.39 is 0 Å². The predicted molar refractivity (Wildman–Crippen MR) is 91.1 cm³/mol. The van der Waals surface area contributed by atoms with Crippen molar-refractivity contribution in [2.24, 2.45) is 0 Å². The molecule has 0 radical (unpaired) electrons. The highest BCUT2D eigenvalue weighted by molar-refractivity contribution is 5.92. The topological polar surface area (TPSA) is 43.3 Å². The standard InChI is InChI=1S/C19H18N2O2/c1-23-18-10-3-2-7-15(18)13-19(22)20-16-8-6-9-17(14-16)21-11-4-5-12-21/h2-12,14H,13H2,1H3,(H,20,22). The van der Waals surface area contributed by atoms with E-state index in [1.807, 2.05) is 77.6 Å². The average molecular weight is 306 g/mol. The van der Waals surface area contributed by atoms with Gasteiger partial charge in [-0.05, 0) is 36.4 Å². The first kappa shape index (κ1) is 14.9. The second-order valence-electron chi connectivity index (χ2n) is 5.18. The number of anilines is 1. The number of hydrogen-bond acceptors (Lipinski definition) is 2. The molecule has 0 aliphatic heterocycles. The van der Waals surface area contributed by atoms with Crippen LogP contribution >= 0.6 is 0 Å². The maximum atomic E-state index is 12.3. The molecule has 0 unspecified atom stereocenters. The van der Waals surface area contributed by atoms with E-state index in [2.05, 4.69) is 5.32 Å². The second-order valence-corrected chi connectivity index (χ2v) is 5.18. The molecule has 0 saturated carbocycles. The molecule has 0 fully saturated rings. The molecule has 1 heterocycles. The summed E-state index contributed by atoms with van der Waals surface area (Å²) in [4.78, 5) is 12.3. The highest BCUT2D eigenvalue weighted by Gasteiger charge is 2.09. The van der Waals surface area contributed by atoms with E-state index in [0.717, 1.165) is 22.7 Å². The molecule has 23 heavy (non-hydrogen) atoms. The quantitative estimate of drug-likeness (QED) is 0.781. The fraction of sp³-hybridized carbons (Fsp3) is 0.105. The van der Waals surface area contributed by atoms with Gasteiger partial charge in [-0.2, -0.15) is 0 Å². The number of methoxy groups -OCH3 is 1. The van der Waals surface area contributed by atoms with Gasteiger partial charge in [-0.25, -0.2) is 0 Å². The summed E-state index contributed by atoms with van der Waals surface area (Å²) in [5.41, 5.74) is 2.65. The van der Waals surface area contributed by atoms with Gasteiger partial charge in [-0.1, -0.05) is 24.3 Å². The lowest BCUT2D eigenvalue weighted by atomic mass is 10.1. The van der Waals surface area contributed by atoms with Crippen LogP contribution < -0.4 is 10.1 Å². The van der Waals surface area contributed by atoms with Crippen LogP contribution in [0.15, 0.2) is 73.1 Å². The lowest BCUT2D eigenvalue weighted by Gasteiger charge is -2.10. The van der Waals surface area contributed by atoms with Crippen molar-refractivity contribution in [1.82, 2.24) is 4.57 Å². The number of hydrogen-bond donors (Lipinski definition) is 1. The van der Waals surface area contributed by atoms with Crippen molar-refractivity contribution in [2.75, 3.05) is 12.4 Å². The highest BCUT2D eigenvalue weighted by Crippen LogP contribution is 2.19. The Morgan fingerprint density at radius 3 is 2.61 bits per heavy atom. The first-order valence-electron chi connectivity index (χ1n) is 7.41. The zero-order chi connectivity index (χ0) is 16.1. The van der Waals surface area contributed by atoms with Crippen LogP contribution in [0.4, 0.5) is 5.69 Å². The Kier molecular flexibility index (Phi) is 4.43. The van der Waals surface area contributed by atoms with Crippen LogP contribution in [0.25, 0.3) is 5.69 Å². The van der Waals surface area contributed by atoms with Crippen molar-refractivity contribution < 1.29 is 9.53 Å². The number of carbonyl (C=O) groups excluding carboxylic acids is 1. The van der Waals surface area contributed by atoms with Gasteiger partial charge >= 0.3 is 0 Å². The summed E-state index contributed by atoms with van der Waals surface area (Å²) < 4.78 is 7.28. The molecule has 1 amide bonds. The van der Waals surface area contributed by atoms with Crippen molar-refractivity contribution >= 4 is 11.6 Å². The molecule has 0 spiro atoms. The molecule has 1 aromatic heterocycles. The number of ether oxygens (including phenoxy) is 1. The third-order valence-corrected chi connectivity index (χ3v) is 3.58. The highest BCUT2D eigenvalue weighted by atomic mass is 16.5. The summed E-state index contributed by atoms with van der Waals surface area (Å²) in [6.07, 6.45) is 4.21. The molecule has 116 valence electrons. The summed E-state index contributed by atoms with van der Waals surface area (Å²) in [5, 5.41) is 2.94. The van der Waals surface area contributed by atoms with Gasteiger partial charge in [0, 0.05) is 29.3 Å². The normalized spacial score (nSPS) is 10.3. The maximum Gasteiger partial charge on any atom is 0.228 e. The summed E-state index contributed by atoms with van der Waals surface area (Å²) in [6, 6.07) is 19.2. The third kappa shape index (κ3) is 3.61. The first-order valence-corrected chi connectivity index (χ1v) is 7.41. The number of carbonyl (C=O) groups is 1. The molecule has 0 aliphatic rings. The van der Waals surface area contributed by atoms with Crippen molar-refractivity contribution in [3.8, 4) is 11.4 Å². The number of rotatable bonds is 5. The SMILES string of the molecule is COc1ccccc1CC(=O)Nc1cccc(-n2cccc2)c1. The van der Waals surface area contributed by atoms with E-state index in [1.165, 1.54) is 0 Å². The summed E-state index contributed by atoms with van der Waals surface area (Å²) in [5.74, 6) is 0.655. The van der Waals surface area contributed by atoms with E-state index in [0.29, 0.717) is 0 Å². The molecule has 0 aliphatic carbocycles. The minimum absolute atomic E-state index is 0.0702. The fourth-order valence-corrected chi connectivity index (χ4v) is 2.48.